The predicted molar refractivity (Wildman–Crippen MR) is 135 cm³/mol. The fourth-order valence-electron chi connectivity index (χ4n) is 5.62. The molecule has 8 heteroatoms. The monoisotopic (exact) mass is 489 g/mol. The zero-order valence-corrected chi connectivity index (χ0v) is 20.4. The Morgan fingerprint density at radius 3 is 2.41 bits per heavy atom. The van der Waals surface area contributed by atoms with Crippen LogP contribution in [0.3, 0.4) is 0 Å². The number of hydrogen-bond acceptors (Lipinski definition) is 6. The van der Waals surface area contributed by atoms with Gasteiger partial charge in [0, 0.05) is 5.69 Å². The fourth-order valence-corrected chi connectivity index (χ4v) is 7.52. The van der Waals surface area contributed by atoms with Crippen LogP contribution in [0.5, 0.6) is 0 Å². The number of thioether (sulfide) groups is 1. The van der Waals surface area contributed by atoms with E-state index in [1.165, 1.54) is 28.0 Å². The lowest BCUT2D eigenvalue weighted by Crippen LogP contribution is -2.32. The van der Waals surface area contributed by atoms with Gasteiger partial charge in [-0.3, -0.25) is 14.4 Å². The van der Waals surface area contributed by atoms with E-state index in [0.717, 1.165) is 37.8 Å². The number of aromatic nitrogens is 1. The number of fused-ring (bicyclic) bond motifs is 6. The number of anilines is 2. The largest absolute Gasteiger partial charge is 0.325 e. The Bertz CT molecular complexity index is 1340. The molecule has 2 aliphatic carbocycles. The van der Waals surface area contributed by atoms with E-state index in [1.54, 1.807) is 6.07 Å². The Morgan fingerprint density at radius 1 is 1.06 bits per heavy atom. The topological polar surface area (TPSA) is 79.4 Å². The summed E-state index contributed by atoms with van der Waals surface area (Å²) in [5.41, 5.74) is 4.42. The Kier molecular flexibility index (Phi) is 5.11. The number of nitrogens with one attached hydrogen (secondary N) is 1. The molecule has 2 heterocycles. The van der Waals surface area contributed by atoms with Crippen molar-refractivity contribution in [1.82, 2.24) is 4.98 Å². The van der Waals surface area contributed by atoms with Crippen molar-refractivity contribution in [2.24, 2.45) is 23.7 Å². The number of hydrogen-bond donors (Lipinski definition) is 1. The van der Waals surface area contributed by atoms with Gasteiger partial charge in [-0.25, -0.2) is 9.88 Å². The van der Waals surface area contributed by atoms with Gasteiger partial charge in [0.05, 0.1) is 33.5 Å². The summed E-state index contributed by atoms with van der Waals surface area (Å²) in [5, 5.41) is 2.95. The van der Waals surface area contributed by atoms with E-state index in [4.69, 9.17) is 0 Å². The molecule has 0 unspecified atom stereocenters. The van der Waals surface area contributed by atoms with Crippen LogP contribution in [0.15, 0.2) is 52.9 Å². The Labute approximate surface area is 205 Å². The van der Waals surface area contributed by atoms with Crippen LogP contribution in [-0.2, 0) is 14.4 Å². The second-order valence-electron chi connectivity index (χ2n) is 9.36. The van der Waals surface area contributed by atoms with Gasteiger partial charge in [-0.15, -0.1) is 11.3 Å². The van der Waals surface area contributed by atoms with Crippen molar-refractivity contribution in [3.63, 3.8) is 0 Å². The minimum Gasteiger partial charge on any atom is -0.325 e. The number of carbonyl (C=O) groups is 3. The van der Waals surface area contributed by atoms with Crippen LogP contribution < -0.4 is 10.2 Å². The van der Waals surface area contributed by atoms with Gasteiger partial charge < -0.3 is 5.32 Å². The van der Waals surface area contributed by atoms with Crippen molar-refractivity contribution in [2.45, 2.75) is 24.6 Å². The molecule has 2 fully saturated rings. The van der Waals surface area contributed by atoms with Gasteiger partial charge in [0.1, 0.15) is 0 Å². The highest BCUT2D eigenvalue weighted by Crippen LogP contribution is 2.53. The maximum atomic E-state index is 13.1. The van der Waals surface area contributed by atoms with E-state index in [1.807, 2.05) is 38.1 Å². The molecule has 1 saturated heterocycles. The molecule has 6 rings (SSSR count). The summed E-state index contributed by atoms with van der Waals surface area (Å²) in [4.78, 5) is 44.7. The molecule has 1 aromatic heterocycles. The summed E-state index contributed by atoms with van der Waals surface area (Å²) < 4.78 is 1.68. The van der Waals surface area contributed by atoms with Crippen LogP contribution in [0.1, 0.15) is 17.5 Å². The first-order valence-electron chi connectivity index (χ1n) is 11.3. The molecule has 4 atom stereocenters. The third-order valence-corrected chi connectivity index (χ3v) is 9.07. The van der Waals surface area contributed by atoms with E-state index in [9.17, 15) is 14.4 Å². The molecule has 34 heavy (non-hydrogen) atoms. The number of benzene rings is 2. The molecule has 3 aromatic rings. The molecule has 1 aliphatic heterocycles. The van der Waals surface area contributed by atoms with Crippen molar-refractivity contribution in [1.29, 1.82) is 0 Å². The SMILES string of the molecule is Cc1cc(C)cc(NC(=O)CSc2nc3ccc(N4C(=O)[C@@H]5[C@H](C4=O)[C@H]4C=C[C@H]5C4)cc3s2)c1. The zero-order chi connectivity index (χ0) is 23.6. The number of aryl methyl sites for hydroxylation is 2. The van der Waals surface area contributed by atoms with Crippen molar-refractivity contribution < 1.29 is 14.4 Å². The number of allylic oxidation sites excluding steroid dienone is 2. The minimum absolute atomic E-state index is 0.0756. The summed E-state index contributed by atoms with van der Waals surface area (Å²) in [6.07, 6.45) is 5.13. The molecular formula is C26H23N3O3S2. The van der Waals surface area contributed by atoms with Gasteiger partial charge in [-0.2, -0.15) is 0 Å². The lowest BCUT2D eigenvalue weighted by atomic mass is 9.85. The number of thiazole rings is 1. The van der Waals surface area contributed by atoms with Crippen molar-refractivity contribution in [3.8, 4) is 0 Å². The highest BCUT2D eigenvalue weighted by atomic mass is 32.2. The molecule has 0 spiro atoms. The maximum Gasteiger partial charge on any atom is 0.238 e. The van der Waals surface area contributed by atoms with E-state index in [2.05, 4.69) is 28.5 Å². The van der Waals surface area contributed by atoms with E-state index >= 15 is 0 Å². The zero-order valence-electron chi connectivity index (χ0n) is 18.8. The predicted octanol–water partition coefficient (Wildman–Crippen LogP) is 4.96. The lowest BCUT2D eigenvalue weighted by Gasteiger charge is -2.17. The van der Waals surface area contributed by atoms with E-state index in [0.29, 0.717) is 5.69 Å². The first kappa shape index (κ1) is 21.6. The molecular weight excluding hydrogens is 466 g/mol. The Morgan fingerprint density at radius 2 is 1.74 bits per heavy atom. The molecule has 3 aliphatic rings. The summed E-state index contributed by atoms with van der Waals surface area (Å²) in [6.45, 7) is 4.01. The van der Waals surface area contributed by atoms with Crippen molar-refractivity contribution >= 4 is 62.4 Å². The van der Waals surface area contributed by atoms with Crippen LogP contribution >= 0.6 is 23.1 Å². The number of carbonyl (C=O) groups excluding carboxylic acids is 3. The Hall–Kier alpha value is -2.97. The highest BCUT2D eigenvalue weighted by molar-refractivity contribution is 8.01. The third-order valence-electron chi connectivity index (χ3n) is 6.91. The molecule has 2 aromatic carbocycles. The summed E-state index contributed by atoms with van der Waals surface area (Å²) >= 11 is 2.85. The quantitative estimate of drug-likeness (QED) is 0.311. The lowest BCUT2D eigenvalue weighted by molar-refractivity contribution is -0.123. The molecule has 1 N–H and O–H groups in total. The number of nitrogens with zero attached hydrogens (tertiary/aromatic N) is 2. The van der Waals surface area contributed by atoms with Crippen LogP contribution in [0.4, 0.5) is 11.4 Å². The van der Waals surface area contributed by atoms with E-state index in [-0.39, 0.29) is 47.1 Å². The second-order valence-corrected chi connectivity index (χ2v) is 11.6. The van der Waals surface area contributed by atoms with Crippen LogP contribution in [0, 0.1) is 37.5 Å². The average Bonchev–Trinajstić information content (AvgIpc) is 3.54. The third kappa shape index (κ3) is 3.56. The van der Waals surface area contributed by atoms with Crippen LogP contribution in [-0.4, -0.2) is 28.5 Å². The average molecular weight is 490 g/mol. The van der Waals surface area contributed by atoms with Crippen LogP contribution in [0.2, 0.25) is 0 Å². The summed E-state index contributed by atoms with van der Waals surface area (Å²) in [6, 6.07) is 11.5. The Balaban J connectivity index is 1.16. The number of imide groups is 1. The summed E-state index contributed by atoms with van der Waals surface area (Å²) in [5.74, 6) is -0.00684. The smallest absolute Gasteiger partial charge is 0.238 e. The summed E-state index contributed by atoms with van der Waals surface area (Å²) in [7, 11) is 0. The molecule has 2 bridgehead atoms. The highest BCUT2D eigenvalue weighted by Gasteiger charge is 2.59. The minimum atomic E-state index is -0.207. The molecule has 6 nitrogen and oxygen atoms in total. The molecule has 172 valence electrons. The first-order valence-corrected chi connectivity index (χ1v) is 13.2. The van der Waals surface area contributed by atoms with Gasteiger partial charge in [-0.05, 0) is 73.6 Å². The van der Waals surface area contributed by atoms with Crippen molar-refractivity contribution in [3.05, 3.63) is 59.7 Å². The second kappa shape index (κ2) is 8.06. The number of amides is 3. The van der Waals surface area contributed by atoms with Gasteiger partial charge >= 0.3 is 0 Å². The maximum absolute atomic E-state index is 13.1. The van der Waals surface area contributed by atoms with Gasteiger partial charge in [0.2, 0.25) is 17.7 Å². The molecule has 1 saturated carbocycles. The standard InChI is InChI=1S/C26H23N3O3S2/c1-13-7-14(2)9-17(8-13)27-21(30)12-33-26-28-19-6-5-18(11-20(19)34-26)29-24(31)22-15-3-4-16(10-15)23(22)25(29)32/h3-9,11,15-16,22-23H,10,12H2,1-2H3,(H,27,30)/t15-,16-,22-,23+/m0/s1. The molecule has 3 amide bonds. The van der Waals surface area contributed by atoms with E-state index < -0.39 is 0 Å². The normalized spacial score (nSPS) is 24.9. The van der Waals surface area contributed by atoms with Crippen molar-refractivity contribution in [2.75, 3.05) is 16.0 Å². The van der Waals surface area contributed by atoms with Gasteiger partial charge in [-0.1, -0.05) is 30.0 Å². The van der Waals surface area contributed by atoms with Crippen LogP contribution in [0.25, 0.3) is 10.2 Å². The first-order chi connectivity index (χ1) is 16.4. The van der Waals surface area contributed by atoms with Gasteiger partial charge in [0.25, 0.3) is 0 Å². The number of rotatable bonds is 5. The fraction of sp³-hybridized carbons (Fsp3) is 0.308. The molecule has 0 radical (unpaired) electrons. The van der Waals surface area contributed by atoms with Gasteiger partial charge in [0.15, 0.2) is 4.34 Å².